The highest BCUT2D eigenvalue weighted by molar-refractivity contribution is 6.33. The van der Waals surface area contributed by atoms with Crippen LogP contribution in [0.15, 0.2) is 42.5 Å². The van der Waals surface area contributed by atoms with Crippen LogP contribution < -0.4 is 15.8 Å². The number of carbonyl (C=O) groups is 1. The second-order valence-electron chi connectivity index (χ2n) is 4.15. The lowest BCUT2D eigenvalue weighted by molar-refractivity contribution is 0.102. The number of amides is 1. The maximum Gasteiger partial charge on any atom is 0.255 e. The molecule has 2 aromatic carbocycles. The zero-order valence-corrected chi connectivity index (χ0v) is 11.8. The van der Waals surface area contributed by atoms with Crippen molar-refractivity contribution in [3.63, 3.8) is 0 Å². The maximum atomic E-state index is 12.0. The summed E-state index contributed by atoms with van der Waals surface area (Å²) in [6, 6.07) is 11.9. The number of rotatable bonds is 4. The van der Waals surface area contributed by atoms with Crippen LogP contribution in [0.3, 0.4) is 0 Å². The fraction of sp³-hybridized carbons (Fsp3) is 0.133. The third-order valence-electron chi connectivity index (χ3n) is 2.69. The molecule has 0 radical (unpaired) electrons. The molecule has 0 aliphatic rings. The molecule has 0 saturated carbocycles. The van der Waals surface area contributed by atoms with E-state index in [9.17, 15) is 4.79 Å². The van der Waals surface area contributed by atoms with E-state index in [0.717, 1.165) is 5.75 Å². The highest BCUT2D eigenvalue weighted by Gasteiger charge is 2.08. The van der Waals surface area contributed by atoms with E-state index in [2.05, 4.69) is 5.32 Å². The molecule has 0 bridgehead atoms. The highest BCUT2D eigenvalue weighted by atomic mass is 35.5. The minimum atomic E-state index is -0.240. The van der Waals surface area contributed by atoms with Crippen molar-refractivity contribution in [2.45, 2.75) is 6.92 Å². The van der Waals surface area contributed by atoms with Gasteiger partial charge in [0.1, 0.15) is 5.75 Å². The summed E-state index contributed by atoms with van der Waals surface area (Å²) in [5.41, 5.74) is 7.20. The Labute approximate surface area is 122 Å². The van der Waals surface area contributed by atoms with Crippen molar-refractivity contribution in [3.8, 4) is 5.75 Å². The van der Waals surface area contributed by atoms with Crippen molar-refractivity contribution in [2.24, 2.45) is 0 Å². The SMILES string of the molecule is CCOc1ccc(NC(=O)c2ccc(N)c(Cl)c2)cc1. The minimum absolute atomic E-state index is 0.240. The molecule has 2 rings (SSSR count). The van der Waals surface area contributed by atoms with E-state index in [1.165, 1.54) is 0 Å². The highest BCUT2D eigenvalue weighted by Crippen LogP contribution is 2.21. The second-order valence-corrected chi connectivity index (χ2v) is 4.56. The maximum absolute atomic E-state index is 12.0. The number of anilines is 2. The first-order chi connectivity index (χ1) is 9.60. The first-order valence-corrected chi connectivity index (χ1v) is 6.57. The van der Waals surface area contributed by atoms with Crippen molar-refractivity contribution in [1.82, 2.24) is 0 Å². The summed E-state index contributed by atoms with van der Waals surface area (Å²) in [7, 11) is 0. The van der Waals surface area contributed by atoms with Gasteiger partial charge in [0.15, 0.2) is 0 Å². The van der Waals surface area contributed by atoms with E-state index >= 15 is 0 Å². The number of nitrogen functional groups attached to an aromatic ring is 1. The van der Waals surface area contributed by atoms with Crippen LogP contribution in [-0.4, -0.2) is 12.5 Å². The van der Waals surface area contributed by atoms with Crippen LogP contribution in [0.4, 0.5) is 11.4 Å². The van der Waals surface area contributed by atoms with Gasteiger partial charge in [-0.3, -0.25) is 4.79 Å². The predicted molar refractivity (Wildman–Crippen MR) is 81.4 cm³/mol. The number of carbonyl (C=O) groups excluding carboxylic acids is 1. The molecule has 0 aliphatic carbocycles. The molecule has 104 valence electrons. The monoisotopic (exact) mass is 290 g/mol. The van der Waals surface area contributed by atoms with Crippen LogP contribution in [0.2, 0.25) is 5.02 Å². The van der Waals surface area contributed by atoms with E-state index in [4.69, 9.17) is 22.1 Å². The Morgan fingerprint density at radius 1 is 1.25 bits per heavy atom. The standard InChI is InChI=1S/C15H15ClN2O2/c1-2-20-12-6-4-11(5-7-12)18-15(19)10-3-8-14(17)13(16)9-10/h3-9H,2,17H2,1H3,(H,18,19). The Balaban J connectivity index is 2.08. The number of benzene rings is 2. The second kappa shape index (κ2) is 6.30. The number of nitrogens with two attached hydrogens (primary N) is 1. The summed E-state index contributed by atoms with van der Waals surface area (Å²) in [5.74, 6) is 0.525. The van der Waals surface area contributed by atoms with Crippen molar-refractivity contribution >= 4 is 28.9 Å². The molecule has 0 heterocycles. The minimum Gasteiger partial charge on any atom is -0.494 e. The van der Waals surface area contributed by atoms with Gasteiger partial charge in [0, 0.05) is 11.3 Å². The lowest BCUT2D eigenvalue weighted by Crippen LogP contribution is -2.12. The zero-order valence-electron chi connectivity index (χ0n) is 11.0. The fourth-order valence-electron chi connectivity index (χ4n) is 1.67. The number of hydrogen-bond acceptors (Lipinski definition) is 3. The summed E-state index contributed by atoms with van der Waals surface area (Å²) in [6.45, 7) is 2.52. The molecule has 4 nitrogen and oxygen atoms in total. The summed E-state index contributed by atoms with van der Waals surface area (Å²) in [6.07, 6.45) is 0. The van der Waals surface area contributed by atoms with Gasteiger partial charge in [-0.2, -0.15) is 0 Å². The average Bonchev–Trinajstić information content (AvgIpc) is 2.44. The number of halogens is 1. The topological polar surface area (TPSA) is 64.3 Å². The molecule has 2 aromatic rings. The van der Waals surface area contributed by atoms with Gasteiger partial charge in [-0.15, -0.1) is 0 Å². The number of ether oxygens (including phenoxy) is 1. The van der Waals surface area contributed by atoms with Gasteiger partial charge in [-0.05, 0) is 49.4 Å². The predicted octanol–water partition coefficient (Wildman–Crippen LogP) is 3.57. The Hall–Kier alpha value is -2.20. The molecule has 0 fully saturated rings. The Kier molecular flexibility index (Phi) is 4.48. The van der Waals surface area contributed by atoms with Gasteiger partial charge < -0.3 is 15.8 Å². The Morgan fingerprint density at radius 2 is 1.95 bits per heavy atom. The van der Waals surface area contributed by atoms with Crippen molar-refractivity contribution in [3.05, 3.63) is 53.1 Å². The molecule has 0 aromatic heterocycles. The van der Waals surface area contributed by atoms with Crippen LogP contribution in [0.25, 0.3) is 0 Å². The molecule has 0 atom stereocenters. The first kappa shape index (κ1) is 14.2. The summed E-state index contributed by atoms with van der Waals surface area (Å²) >= 11 is 5.89. The Morgan fingerprint density at radius 3 is 2.55 bits per heavy atom. The van der Waals surface area contributed by atoms with Gasteiger partial charge in [-0.1, -0.05) is 11.6 Å². The van der Waals surface area contributed by atoms with Gasteiger partial charge in [0.2, 0.25) is 0 Å². The molecule has 0 spiro atoms. The summed E-state index contributed by atoms with van der Waals surface area (Å²) < 4.78 is 5.34. The molecule has 3 N–H and O–H groups in total. The van der Waals surface area contributed by atoms with Crippen molar-refractivity contribution < 1.29 is 9.53 Å². The summed E-state index contributed by atoms with van der Waals surface area (Å²) in [4.78, 5) is 12.0. The van der Waals surface area contributed by atoms with Crippen molar-refractivity contribution in [1.29, 1.82) is 0 Å². The van der Waals surface area contributed by atoms with E-state index < -0.39 is 0 Å². The van der Waals surface area contributed by atoms with Gasteiger partial charge in [0.05, 0.1) is 17.3 Å². The molecule has 5 heteroatoms. The molecule has 20 heavy (non-hydrogen) atoms. The third-order valence-corrected chi connectivity index (χ3v) is 3.01. The molecule has 0 unspecified atom stereocenters. The summed E-state index contributed by atoms with van der Waals surface area (Å²) in [5, 5.41) is 3.15. The smallest absolute Gasteiger partial charge is 0.255 e. The van der Waals surface area contributed by atoms with Crippen LogP contribution in [0.1, 0.15) is 17.3 Å². The third kappa shape index (κ3) is 3.42. The van der Waals surface area contributed by atoms with Gasteiger partial charge in [-0.25, -0.2) is 0 Å². The van der Waals surface area contributed by atoms with Gasteiger partial charge in [0.25, 0.3) is 5.91 Å². The molecule has 0 aliphatic heterocycles. The molecular weight excluding hydrogens is 276 g/mol. The van der Waals surface area contributed by atoms with Crippen LogP contribution >= 0.6 is 11.6 Å². The van der Waals surface area contributed by atoms with Gasteiger partial charge >= 0.3 is 0 Å². The van der Waals surface area contributed by atoms with E-state index in [1.807, 2.05) is 6.92 Å². The van der Waals surface area contributed by atoms with Crippen LogP contribution in [-0.2, 0) is 0 Å². The van der Waals surface area contributed by atoms with Crippen LogP contribution in [0.5, 0.6) is 5.75 Å². The fourth-order valence-corrected chi connectivity index (χ4v) is 1.85. The first-order valence-electron chi connectivity index (χ1n) is 6.19. The quantitative estimate of drug-likeness (QED) is 0.846. The lowest BCUT2D eigenvalue weighted by atomic mass is 10.2. The average molecular weight is 291 g/mol. The number of hydrogen-bond donors (Lipinski definition) is 2. The Bertz CT molecular complexity index is 612. The number of nitrogens with one attached hydrogen (secondary N) is 1. The van der Waals surface area contributed by atoms with E-state index in [0.29, 0.717) is 28.6 Å². The van der Waals surface area contributed by atoms with E-state index in [-0.39, 0.29) is 5.91 Å². The molecular formula is C15H15ClN2O2. The zero-order chi connectivity index (χ0) is 14.5. The lowest BCUT2D eigenvalue weighted by Gasteiger charge is -2.08. The van der Waals surface area contributed by atoms with E-state index in [1.54, 1.807) is 42.5 Å². The van der Waals surface area contributed by atoms with Crippen LogP contribution in [0, 0.1) is 0 Å². The van der Waals surface area contributed by atoms with Crippen molar-refractivity contribution in [2.75, 3.05) is 17.7 Å². The molecule has 1 amide bonds. The molecule has 0 saturated heterocycles. The largest absolute Gasteiger partial charge is 0.494 e. The normalized spacial score (nSPS) is 10.1.